The van der Waals surface area contributed by atoms with E-state index in [4.69, 9.17) is 9.47 Å². The van der Waals surface area contributed by atoms with Gasteiger partial charge in [0.25, 0.3) is 11.1 Å². The number of amides is 3. The number of aryl methyl sites for hydroxylation is 1. The standard InChI is InChI=1S/C24H24N4O4S/c29-22(25-10-12-28-13-11-26-23(28)30)19-15-33-24(27-19)31-18-7-9-21-17(14-18)6-8-20(32-21)16-4-2-1-3-5-16/h1-5,7,9,14-15,20H,6,8,10-13H2,(H,25,29)(H,26,30)/t20-/m0/s1. The molecular formula is C24H24N4O4S. The molecule has 0 spiro atoms. The van der Waals surface area contributed by atoms with Crippen LogP contribution in [0.5, 0.6) is 16.7 Å². The molecule has 0 bridgehead atoms. The molecule has 1 aromatic heterocycles. The molecule has 8 nitrogen and oxygen atoms in total. The number of hydrogen-bond acceptors (Lipinski definition) is 6. The van der Waals surface area contributed by atoms with E-state index in [1.165, 1.54) is 16.9 Å². The van der Waals surface area contributed by atoms with E-state index in [1.54, 1.807) is 10.3 Å². The summed E-state index contributed by atoms with van der Waals surface area (Å²) in [6, 6.07) is 15.9. The Labute approximate surface area is 195 Å². The van der Waals surface area contributed by atoms with E-state index in [-0.39, 0.29) is 18.0 Å². The summed E-state index contributed by atoms with van der Waals surface area (Å²) in [5.41, 5.74) is 2.58. The maximum absolute atomic E-state index is 12.3. The van der Waals surface area contributed by atoms with Crippen molar-refractivity contribution in [1.29, 1.82) is 0 Å². The molecule has 0 radical (unpaired) electrons. The summed E-state index contributed by atoms with van der Waals surface area (Å²) in [7, 11) is 0. The highest BCUT2D eigenvalue weighted by atomic mass is 32.1. The molecule has 2 N–H and O–H groups in total. The minimum absolute atomic E-state index is 0.0605. The minimum Gasteiger partial charge on any atom is -0.485 e. The lowest BCUT2D eigenvalue weighted by atomic mass is 9.97. The van der Waals surface area contributed by atoms with Gasteiger partial charge in [-0.25, -0.2) is 4.79 Å². The fourth-order valence-electron chi connectivity index (χ4n) is 3.96. The monoisotopic (exact) mass is 464 g/mol. The first-order chi connectivity index (χ1) is 16.2. The third-order valence-corrected chi connectivity index (χ3v) is 6.40. The summed E-state index contributed by atoms with van der Waals surface area (Å²) >= 11 is 1.27. The quantitative estimate of drug-likeness (QED) is 0.556. The van der Waals surface area contributed by atoms with Gasteiger partial charge in [-0.15, -0.1) is 0 Å². The zero-order valence-corrected chi connectivity index (χ0v) is 18.8. The predicted molar refractivity (Wildman–Crippen MR) is 124 cm³/mol. The van der Waals surface area contributed by atoms with Gasteiger partial charge in [0.05, 0.1) is 0 Å². The lowest BCUT2D eigenvalue weighted by Gasteiger charge is -2.26. The highest BCUT2D eigenvalue weighted by Gasteiger charge is 2.22. The van der Waals surface area contributed by atoms with Crippen molar-refractivity contribution in [3.8, 4) is 16.7 Å². The number of hydrogen-bond donors (Lipinski definition) is 2. The number of ether oxygens (including phenoxy) is 2. The van der Waals surface area contributed by atoms with E-state index in [9.17, 15) is 9.59 Å². The van der Waals surface area contributed by atoms with Gasteiger partial charge in [-0.3, -0.25) is 4.79 Å². The van der Waals surface area contributed by atoms with E-state index in [0.717, 1.165) is 24.2 Å². The van der Waals surface area contributed by atoms with E-state index in [2.05, 4.69) is 27.8 Å². The Morgan fingerprint density at radius 3 is 2.97 bits per heavy atom. The third-order valence-electron chi connectivity index (χ3n) is 5.68. The van der Waals surface area contributed by atoms with Crippen LogP contribution in [-0.2, 0) is 6.42 Å². The van der Waals surface area contributed by atoms with Crippen LogP contribution in [-0.4, -0.2) is 48.0 Å². The average molecular weight is 465 g/mol. The number of fused-ring (bicyclic) bond motifs is 1. The summed E-state index contributed by atoms with van der Waals surface area (Å²) in [6.07, 6.45) is 1.86. The Hall–Kier alpha value is -3.59. The van der Waals surface area contributed by atoms with Crippen LogP contribution >= 0.6 is 11.3 Å². The molecule has 2 aromatic carbocycles. The van der Waals surface area contributed by atoms with Crippen molar-refractivity contribution in [2.75, 3.05) is 26.2 Å². The van der Waals surface area contributed by atoms with Gasteiger partial charge in [-0.05, 0) is 42.2 Å². The van der Waals surface area contributed by atoms with Crippen LogP contribution in [0.1, 0.15) is 34.1 Å². The molecule has 170 valence electrons. The summed E-state index contributed by atoms with van der Waals surface area (Å²) < 4.78 is 12.1. The molecule has 3 aromatic rings. The molecule has 2 aliphatic heterocycles. The maximum Gasteiger partial charge on any atom is 0.317 e. The van der Waals surface area contributed by atoms with Crippen LogP contribution in [0, 0.1) is 0 Å². The van der Waals surface area contributed by atoms with Gasteiger partial charge in [0.2, 0.25) is 0 Å². The maximum atomic E-state index is 12.3. The first-order valence-corrected chi connectivity index (χ1v) is 11.8. The van der Waals surface area contributed by atoms with Gasteiger partial charge >= 0.3 is 6.03 Å². The second kappa shape index (κ2) is 9.50. The van der Waals surface area contributed by atoms with Crippen molar-refractivity contribution in [2.45, 2.75) is 18.9 Å². The zero-order chi connectivity index (χ0) is 22.6. The number of benzene rings is 2. The SMILES string of the molecule is O=C(NCCN1CCNC1=O)c1csc(Oc2ccc3c(c2)CC[C@@H](c2ccccc2)O3)n1. The van der Waals surface area contributed by atoms with Crippen LogP contribution in [0.2, 0.25) is 0 Å². The normalized spacial score (nSPS) is 17.2. The molecule has 3 heterocycles. The molecule has 9 heteroatoms. The highest BCUT2D eigenvalue weighted by molar-refractivity contribution is 7.11. The van der Waals surface area contributed by atoms with Crippen LogP contribution < -0.4 is 20.1 Å². The number of aromatic nitrogens is 1. The molecule has 0 aliphatic carbocycles. The van der Waals surface area contributed by atoms with Gasteiger partial charge < -0.3 is 25.0 Å². The molecule has 0 unspecified atom stereocenters. The van der Waals surface area contributed by atoms with Gasteiger partial charge in [-0.1, -0.05) is 41.7 Å². The topological polar surface area (TPSA) is 92.8 Å². The van der Waals surface area contributed by atoms with Crippen molar-refractivity contribution in [2.24, 2.45) is 0 Å². The average Bonchev–Trinajstić information content (AvgIpc) is 3.48. The number of carbonyl (C=O) groups is 2. The van der Waals surface area contributed by atoms with Crippen molar-refractivity contribution in [1.82, 2.24) is 20.5 Å². The Kier molecular flexibility index (Phi) is 6.12. The zero-order valence-electron chi connectivity index (χ0n) is 18.0. The van der Waals surface area contributed by atoms with Crippen molar-refractivity contribution in [3.63, 3.8) is 0 Å². The molecular weight excluding hydrogens is 440 g/mol. The Morgan fingerprint density at radius 1 is 1.27 bits per heavy atom. The van der Waals surface area contributed by atoms with Crippen molar-refractivity contribution < 1.29 is 19.1 Å². The van der Waals surface area contributed by atoms with Gasteiger partial charge in [0, 0.05) is 31.6 Å². The Balaban J connectivity index is 1.16. The predicted octanol–water partition coefficient (Wildman–Crippen LogP) is 3.76. The Bertz CT molecular complexity index is 1150. The van der Waals surface area contributed by atoms with Crippen molar-refractivity contribution in [3.05, 3.63) is 70.7 Å². The number of carbonyl (C=O) groups excluding carboxylic acids is 2. The summed E-state index contributed by atoms with van der Waals surface area (Å²) in [6.45, 7) is 2.13. The van der Waals surface area contributed by atoms with Gasteiger partial charge in [0.1, 0.15) is 23.3 Å². The Morgan fingerprint density at radius 2 is 2.15 bits per heavy atom. The minimum atomic E-state index is -0.286. The largest absolute Gasteiger partial charge is 0.485 e. The van der Waals surface area contributed by atoms with E-state index in [1.807, 2.05) is 36.4 Å². The lowest BCUT2D eigenvalue weighted by Crippen LogP contribution is -2.36. The van der Waals surface area contributed by atoms with Crippen molar-refractivity contribution >= 4 is 23.3 Å². The smallest absolute Gasteiger partial charge is 0.317 e. The number of nitrogens with zero attached hydrogens (tertiary/aromatic N) is 2. The van der Waals surface area contributed by atoms with Gasteiger partial charge in [0.15, 0.2) is 0 Å². The van der Waals surface area contributed by atoms with E-state index < -0.39 is 0 Å². The first-order valence-electron chi connectivity index (χ1n) is 10.9. The molecule has 1 atom stereocenters. The summed E-state index contributed by atoms with van der Waals surface area (Å²) in [5.74, 6) is 1.25. The van der Waals surface area contributed by atoms with Crippen LogP contribution in [0.3, 0.4) is 0 Å². The van der Waals surface area contributed by atoms with E-state index in [0.29, 0.717) is 42.8 Å². The second-order valence-corrected chi connectivity index (χ2v) is 8.72. The molecule has 5 rings (SSSR count). The molecule has 1 fully saturated rings. The van der Waals surface area contributed by atoms with Crippen LogP contribution in [0.15, 0.2) is 53.9 Å². The molecule has 2 aliphatic rings. The first kappa shape index (κ1) is 21.3. The van der Waals surface area contributed by atoms with Crippen LogP contribution in [0.25, 0.3) is 0 Å². The van der Waals surface area contributed by atoms with Gasteiger partial charge in [-0.2, -0.15) is 4.98 Å². The number of thiazole rings is 1. The van der Waals surface area contributed by atoms with E-state index >= 15 is 0 Å². The molecule has 33 heavy (non-hydrogen) atoms. The second-order valence-electron chi connectivity index (χ2n) is 7.90. The van der Waals surface area contributed by atoms with Crippen LogP contribution in [0.4, 0.5) is 4.79 Å². The highest BCUT2D eigenvalue weighted by Crippen LogP contribution is 2.37. The molecule has 0 saturated carbocycles. The fourth-order valence-corrected chi connectivity index (χ4v) is 4.63. The summed E-state index contributed by atoms with van der Waals surface area (Å²) in [4.78, 5) is 29.8. The molecule has 3 amide bonds. The number of urea groups is 1. The summed E-state index contributed by atoms with van der Waals surface area (Å²) in [5, 5.41) is 7.59. The molecule has 1 saturated heterocycles. The number of nitrogens with one attached hydrogen (secondary N) is 2. The lowest BCUT2D eigenvalue weighted by molar-refractivity contribution is 0.0945. The third kappa shape index (κ3) is 4.93. The fraction of sp³-hybridized carbons (Fsp3) is 0.292. The number of rotatable bonds is 7.